The van der Waals surface area contributed by atoms with Crippen molar-refractivity contribution >= 4 is 11.3 Å². The van der Waals surface area contributed by atoms with Gasteiger partial charge in [0.25, 0.3) is 0 Å². The van der Waals surface area contributed by atoms with Crippen molar-refractivity contribution in [1.82, 2.24) is 20.3 Å². The van der Waals surface area contributed by atoms with Crippen LogP contribution in [0.25, 0.3) is 0 Å². The highest BCUT2D eigenvalue weighted by molar-refractivity contribution is 7.11. The Morgan fingerprint density at radius 2 is 2.17 bits per heavy atom. The fourth-order valence-electron chi connectivity index (χ4n) is 1.65. The van der Waals surface area contributed by atoms with Crippen LogP contribution in [-0.4, -0.2) is 26.7 Å². The third-order valence-electron chi connectivity index (χ3n) is 2.59. The minimum atomic E-state index is 0.0885. The van der Waals surface area contributed by atoms with Crippen LogP contribution >= 0.6 is 11.3 Å². The molecule has 0 atom stereocenters. The number of aliphatic hydroxyl groups excluding tert-OH is 1. The van der Waals surface area contributed by atoms with Gasteiger partial charge in [0.05, 0.1) is 18.8 Å². The van der Waals surface area contributed by atoms with Gasteiger partial charge in [0.1, 0.15) is 0 Å². The Kier molecular flexibility index (Phi) is 4.86. The van der Waals surface area contributed by atoms with E-state index >= 15 is 0 Å². The molecule has 0 saturated heterocycles. The molecular formula is C12H18N4OS. The lowest BCUT2D eigenvalue weighted by Crippen LogP contribution is -2.12. The summed E-state index contributed by atoms with van der Waals surface area (Å²) in [6, 6.07) is 4.35. The number of thiophene rings is 1. The van der Waals surface area contributed by atoms with E-state index in [-0.39, 0.29) is 6.61 Å². The lowest BCUT2D eigenvalue weighted by atomic mass is 10.3. The number of rotatable bonds is 7. The zero-order valence-corrected chi connectivity index (χ0v) is 11.3. The second-order valence-electron chi connectivity index (χ2n) is 4.02. The molecule has 2 aromatic rings. The molecule has 0 amide bonds. The minimum absolute atomic E-state index is 0.0885. The van der Waals surface area contributed by atoms with E-state index < -0.39 is 0 Å². The summed E-state index contributed by atoms with van der Waals surface area (Å²) >= 11 is 1.84. The van der Waals surface area contributed by atoms with E-state index in [9.17, 15) is 0 Å². The van der Waals surface area contributed by atoms with Gasteiger partial charge < -0.3 is 10.4 Å². The number of nitrogens with zero attached hydrogens (tertiary/aromatic N) is 3. The van der Waals surface area contributed by atoms with Gasteiger partial charge in [-0.1, -0.05) is 12.1 Å². The number of nitrogens with one attached hydrogen (secondary N) is 1. The van der Waals surface area contributed by atoms with E-state index in [0.29, 0.717) is 13.1 Å². The highest BCUT2D eigenvalue weighted by atomic mass is 32.1. The Balaban J connectivity index is 1.77. The lowest BCUT2D eigenvalue weighted by Gasteiger charge is -1.99. The molecule has 0 aliphatic heterocycles. The smallest absolute Gasteiger partial charge is 0.0964 e. The molecule has 6 heteroatoms. The summed E-state index contributed by atoms with van der Waals surface area (Å²) in [6.45, 7) is 4.31. The van der Waals surface area contributed by atoms with Crippen molar-refractivity contribution in [3.05, 3.63) is 33.8 Å². The van der Waals surface area contributed by atoms with Crippen molar-refractivity contribution in [1.29, 1.82) is 0 Å². The maximum atomic E-state index is 8.78. The number of aromatic nitrogens is 3. The minimum Gasteiger partial charge on any atom is -0.394 e. The summed E-state index contributed by atoms with van der Waals surface area (Å²) in [6.07, 6.45) is 2.95. The Morgan fingerprint density at radius 3 is 2.89 bits per heavy atom. The summed E-state index contributed by atoms with van der Waals surface area (Å²) in [7, 11) is 0. The van der Waals surface area contributed by atoms with E-state index in [1.54, 1.807) is 4.68 Å². The Morgan fingerprint density at radius 1 is 1.33 bits per heavy atom. The molecule has 0 radical (unpaired) electrons. The first-order valence-electron chi connectivity index (χ1n) is 6.10. The fourth-order valence-corrected chi connectivity index (χ4v) is 2.58. The zero-order chi connectivity index (χ0) is 12.8. The first kappa shape index (κ1) is 13.2. The second kappa shape index (κ2) is 6.63. The van der Waals surface area contributed by atoms with Crippen LogP contribution in [0.1, 0.15) is 22.4 Å². The maximum Gasteiger partial charge on any atom is 0.0964 e. The van der Waals surface area contributed by atoms with Crippen LogP contribution in [0, 0.1) is 0 Å². The normalized spacial score (nSPS) is 11.0. The van der Waals surface area contributed by atoms with E-state index in [1.165, 1.54) is 9.75 Å². The van der Waals surface area contributed by atoms with E-state index in [2.05, 4.69) is 34.7 Å². The number of aryl methyl sites for hydroxylation is 1. The quantitative estimate of drug-likeness (QED) is 0.790. The maximum absolute atomic E-state index is 8.78. The summed E-state index contributed by atoms with van der Waals surface area (Å²) < 4.78 is 1.65. The second-order valence-corrected chi connectivity index (χ2v) is 5.27. The fraction of sp³-hybridized carbons (Fsp3) is 0.500. The molecule has 2 aromatic heterocycles. The van der Waals surface area contributed by atoms with Gasteiger partial charge in [-0.05, 0) is 18.6 Å². The van der Waals surface area contributed by atoms with Crippen molar-refractivity contribution in [3.63, 3.8) is 0 Å². The SMILES string of the molecule is CCc1ccc(CNCc2cn(CCO)nn2)s1. The van der Waals surface area contributed by atoms with Gasteiger partial charge in [0, 0.05) is 29.0 Å². The first-order chi connectivity index (χ1) is 8.81. The molecule has 0 unspecified atom stereocenters. The van der Waals surface area contributed by atoms with Crippen molar-refractivity contribution in [2.45, 2.75) is 33.0 Å². The van der Waals surface area contributed by atoms with Crippen molar-refractivity contribution in [2.75, 3.05) is 6.61 Å². The molecule has 0 saturated carbocycles. The van der Waals surface area contributed by atoms with Crippen LogP contribution in [0.5, 0.6) is 0 Å². The molecule has 0 aliphatic rings. The van der Waals surface area contributed by atoms with Gasteiger partial charge in [-0.15, -0.1) is 16.4 Å². The predicted octanol–water partition coefficient (Wildman–Crippen LogP) is 1.18. The third kappa shape index (κ3) is 3.63. The van der Waals surface area contributed by atoms with Crippen LogP contribution in [0.2, 0.25) is 0 Å². The average Bonchev–Trinajstić information content (AvgIpc) is 2.99. The molecule has 0 fully saturated rings. The van der Waals surface area contributed by atoms with Crippen molar-refractivity contribution in [3.8, 4) is 0 Å². The van der Waals surface area contributed by atoms with Crippen molar-refractivity contribution < 1.29 is 5.11 Å². The molecule has 98 valence electrons. The molecule has 0 bridgehead atoms. The third-order valence-corrected chi connectivity index (χ3v) is 3.82. The predicted molar refractivity (Wildman–Crippen MR) is 71.3 cm³/mol. The molecule has 2 rings (SSSR count). The summed E-state index contributed by atoms with van der Waals surface area (Å²) in [5, 5.41) is 20.1. The highest BCUT2D eigenvalue weighted by Gasteiger charge is 2.01. The summed E-state index contributed by atoms with van der Waals surface area (Å²) in [5.74, 6) is 0. The Labute approximate surface area is 110 Å². The molecule has 0 aliphatic carbocycles. The molecule has 0 aromatic carbocycles. The van der Waals surface area contributed by atoms with Gasteiger partial charge in [0.15, 0.2) is 0 Å². The lowest BCUT2D eigenvalue weighted by molar-refractivity contribution is 0.268. The van der Waals surface area contributed by atoms with Gasteiger partial charge >= 0.3 is 0 Å². The monoisotopic (exact) mass is 266 g/mol. The molecular weight excluding hydrogens is 248 g/mol. The first-order valence-corrected chi connectivity index (χ1v) is 6.91. The van der Waals surface area contributed by atoms with E-state index in [4.69, 9.17) is 5.11 Å². The Hall–Kier alpha value is -1.24. The number of aliphatic hydroxyl groups is 1. The van der Waals surface area contributed by atoms with Gasteiger partial charge in [-0.25, -0.2) is 4.68 Å². The molecule has 0 spiro atoms. The van der Waals surface area contributed by atoms with Gasteiger partial charge in [0.2, 0.25) is 0 Å². The molecule has 5 nitrogen and oxygen atoms in total. The van der Waals surface area contributed by atoms with Gasteiger partial charge in [-0.2, -0.15) is 0 Å². The van der Waals surface area contributed by atoms with Crippen LogP contribution in [0.3, 0.4) is 0 Å². The largest absolute Gasteiger partial charge is 0.394 e. The van der Waals surface area contributed by atoms with Crippen molar-refractivity contribution in [2.24, 2.45) is 0 Å². The Bertz CT molecular complexity index is 480. The van der Waals surface area contributed by atoms with Gasteiger partial charge in [-0.3, -0.25) is 0 Å². The van der Waals surface area contributed by atoms with Crippen LogP contribution in [0.4, 0.5) is 0 Å². The average molecular weight is 266 g/mol. The molecule has 2 N–H and O–H groups in total. The standard InChI is InChI=1S/C12H18N4OS/c1-2-11-3-4-12(18-11)8-13-7-10-9-16(5-6-17)15-14-10/h3-4,9,13,17H,2,5-8H2,1H3. The van der Waals surface area contributed by atoms with E-state index in [0.717, 1.165) is 18.7 Å². The van der Waals surface area contributed by atoms with E-state index in [1.807, 2.05) is 17.5 Å². The zero-order valence-electron chi connectivity index (χ0n) is 10.5. The number of hydrogen-bond donors (Lipinski definition) is 2. The number of hydrogen-bond acceptors (Lipinski definition) is 5. The molecule has 18 heavy (non-hydrogen) atoms. The topological polar surface area (TPSA) is 63.0 Å². The highest BCUT2D eigenvalue weighted by Crippen LogP contribution is 2.16. The summed E-state index contributed by atoms with van der Waals surface area (Å²) in [5.41, 5.74) is 0.899. The molecule has 2 heterocycles. The van der Waals surface area contributed by atoms with Crippen LogP contribution < -0.4 is 5.32 Å². The van der Waals surface area contributed by atoms with Crippen LogP contribution in [-0.2, 0) is 26.1 Å². The van der Waals surface area contributed by atoms with Crippen LogP contribution in [0.15, 0.2) is 18.3 Å². The summed E-state index contributed by atoms with van der Waals surface area (Å²) in [4.78, 5) is 2.76.